The third kappa shape index (κ3) is 8.58. The van der Waals surface area contributed by atoms with E-state index in [2.05, 4.69) is 25.5 Å². The Kier molecular flexibility index (Phi) is 7.65. The van der Waals surface area contributed by atoms with E-state index in [0.29, 0.717) is 37.7 Å². The Morgan fingerprint density at radius 3 is 2.63 bits per heavy atom. The molecule has 0 heterocycles. The maximum absolute atomic E-state index is 13.9. The number of ether oxygens (including phenoxy) is 2. The standard InChI is InChI=1S/C20H32FNO4S/c1-15(22-27(23,24)11-5-10-25-14-20(2,3)4)17-8-9-18(21)19(12-17)26-13-16-6-7-16/h8-9,12,15-16,22H,5-7,10-11,13-14H2,1-4H3. The van der Waals surface area contributed by atoms with Crippen molar-refractivity contribution in [1.29, 1.82) is 0 Å². The fourth-order valence-corrected chi connectivity index (χ4v) is 3.81. The number of benzene rings is 1. The van der Waals surface area contributed by atoms with Gasteiger partial charge in [-0.2, -0.15) is 0 Å². The first kappa shape index (κ1) is 22.1. The molecule has 0 spiro atoms. The third-order valence-electron chi connectivity index (χ3n) is 4.22. The van der Waals surface area contributed by atoms with Gasteiger partial charge in [0.05, 0.1) is 19.0 Å². The van der Waals surface area contributed by atoms with Gasteiger partial charge < -0.3 is 9.47 Å². The molecule has 1 unspecified atom stereocenters. The van der Waals surface area contributed by atoms with Gasteiger partial charge >= 0.3 is 0 Å². The SMILES string of the molecule is CC(NS(=O)(=O)CCCOCC(C)(C)C)c1ccc(F)c(OCC2CC2)c1. The van der Waals surface area contributed by atoms with Gasteiger partial charge in [0.1, 0.15) is 0 Å². The summed E-state index contributed by atoms with van der Waals surface area (Å²) in [6.07, 6.45) is 2.67. The average Bonchev–Trinajstić information content (AvgIpc) is 3.36. The van der Waals surface area contributed by atoms with Crippen LogP contribution in [-0.2, 0) is 14.8 Å². The number of hydrogen-bond acceptors (Lipinski definition) is 4. The van der Waals surface area contributed by atoms with E-state index in [4.69, 9.17) is 9.47 Å². The quantitative estimate of drug-likeness (QED) is 0.568. The van der Waals surface area contributed by atoms with Crippen molar-refractivity contribution in [3.8, 4) is 5.75 Å². The highest BCUT2D eigenvalue weighted by molar-refractivity contribution is 7.89. The van der Waals surface area contributed by atoms with Crippen LogP contribution in [0, 0.1) is 17.2 Å². The van der Waals surface area contributed by atoms with Crippen molar-refractivity contribution >= 4 is 10.0 Å². The van der Waals surface area contributed by atoms with Gasteiger partial charge in [-0.3, -0.25) is 0 Å². The molecular formula is C20H32FNO4S. The maximum atomic E-state index is 13.9. The Labute approximate surface area is 162 Å². The highest BCUT2D eigenvalue weighted by Gasteiger charge is 2.23. The molecule has 5 nitrogen and oxygen atoms in total. The molecule has 0 amide bonds. The van der Waals surface area contributed by atoms with Crippen molar-refractivity contribution in [2.45, 2.75) is 53.0 Å². The number of hydrogen-bond donors (Lipinski definition) is 1. The Balaban J connectivity index is 1.83. The van der Waals surface area contributed by atoms with Crippen LogP contribution in [0.1, 0.15) is 58.6 Å². The van der Waals surface area contributed by atoms with Crippen LogP contribution in [0.25, 0.3) is 0 Å². The smallest absolute Gasteiger partial charge is 0.212 e. The lowest BCUT2D eigenvalue weighted by atomic mass is 9.99. The molecule has 1 aromatic rings. The van der Waals surface area contributed by atoms with Gasteiger partial charge in [-0.15, -0.1) is 0 Å². The van der Waals surface area contributed by atoms with Gasteiger partial charge in [0.15, 0.2) is 11.6 Å². The van der Waals surface area contributed by atoms with Crippen molar-refractivity contribution in [1.82, 2.24) is 4.72 Å². The minimum absolute atomic E-state index is 0.00624. The highest BCUT2D eigenvalue weighted by atomic mass is 32.2. The van der Waals surface area contributed by atoms with Crippen LogP contribution in [0.15, 0.2) is 18.2 Å². The van der Waals surface area contributed by atoms with Gasteiger partial charge in [0, 0.05) is 12.6 Å². The van der Waals surface area contributed by atoms with Crippen molar-refractivity contribution in [2.75, 3.05) is 25.6 Å². The number of nitrogens with one attached hydrogen (secondary N) is 1. The molecule has 0 aliphatic heterocycles. The lowest BCUT2D eigenvalue weighted by Crippen LogP contribution is -2.29. The van der Waals surface area contributed by atoms with Crippen LogP contribution in [-0.4, -0.2) is 34.0 Å². The molecule has 7 heteroatoms. The fourth-order valence-electron chi connectivity index (χ4n) is 2.52. The van der Waals surface area contributed by atoms with E-state index >= 15 is 0 Å². The fraction of sp³-hybridized carbons (Fsp3) is 0.700. The minimum Gasteiger partial charge on any atom is -0.490 e. The number of rotatable bonds is 11. The summed E-state index contributed by atoms with van der Waals surface area (Å²) >= 11 is 0. The van der Waals surface area contributed by atoms with Crippen LogP contribution in [0.3, 0.4) is 0 Å². The van der Waals surface area contributed by atoms with Crippen molar-refractivity contribution in [2.24, 2.45) is 11.3 Å². The molecule has 0 bridgehead atoms. The zero-order valence-corrected chi connectivity index (χ0v) is 17.6. The average molecular weight is 402 g/mol. The zero-order chi connectivity index (χ0) is 20.1. The lowest BCUT2D eigenvalue weighted by Gasteiger charge is -2.18. The summed E-state index contributed by atoms with van der Waals surface area (Å²) in [5, 5.41) is 0. The largest absolute Gasteiger partial charge is 0.490 e. The van der Waals surface area contributed by atoms with E-state index in [0.717, 1.165) is 12.8 Å². The van der Waals surface area contributed by atoms with Crippen molar-refractivity contribution < 1.29 is 22.3 Å². The maximum Gasteiger partial charge on any atom is 0.212 e. The molecule has 0 radical (unpaired) electrons. The third-order valence-corrected chi connectivity index (χ3v) is 5.76. The minimum atomic E-state index is -3.45. The predicted octanol–water partition coefficient (Wildman–Crippen LogP) is 4.05. The van der Waals surface area contributed by atoms with E-state index in [1.54, 1.807) is 19.1 Å². The number of sulfonamides is 1. The van der Waals surface area contributed by atoms with E-state index in [-0.39, 0.29) is 16.9 Å². The van der Waals surface area contributed by atoms with Crippen LogP contribution < -0.4 is 9.46 Å². The second-order valence-corrected chi connectivity index (χ2v) is 10.4. The topological polar surface area (TPSA) is 64.6 Å². The second kappa shape index (κ2) is 9.34. The monoisotopic (exact) mass is 401 g/mol. The van der Waals surface area contributed by atoms with Crippen LogP contribution in [0.4, 0.5) is 4.39 Å². The number of halogens is 1. The molecule has 0 aromatic heterocycles. The van der Waals surface area contributed by atoms with E-state index in [1.807, 2.05) is 0 Å². The first-order valence-electron chi connectivity index (χ1n) is 9.56. The Morgan fingerprint density at radius 1 is 1.30 bits per heavy atom. The highest BCUT2D eigenvalue weighted by Crippen LogP contribution is 2.31. The first-order valence-corrected chi connectivity index (χ1v) is 11.2. The molecule has 27 heavy (non-hydrogen) atoms. The van der Waals surface area contributed by atoms with Gasteiger partial charge in [0.25, 0.3) is 0 Å². The molecule has 1 N–H and O–H groups in total. The first-order chi connectivity index (χ1) is 12.6. The Morgan fingerprint density at radius 2 is 2.00 bits per heavy atom. The molecule has 1 aliphatic rings. The van der Waals surface area contributed by atoms with E-state index < -0.39 is 21.9 Å². The van der Waals surface area contributed by atoms with Gasteiger partial charge in [0.2, 0.25) is 10.0 Å². The Bertz CT molecular complexity index is 711. The van der Waals surface area contributed by atoms with E-state index in [9.17, 15) is 12.8 Å². The summed E-state index contributed by atoms with van der Waals surface area (Å²) in [5.74, 6) is 0.268. The molecule has 154 valence electrons. The van der Waals surface area contributed by atoms with Crippen LogP contribution in [0.2, 0.25) is 0 Å². The van der Waals surface area contributed by atoms with Gasteiger partial charge in [-0.25, -0.2) is 17.5 Å². The summed E-state index contributed by atoms with van der Waals surface area (Å²) in [6.45, 7) is 9.45. The lowest BCUT2D eigenvalue weighted by molar-refractivity contribution is 0.0720. The second-order valence-electron chi connectivity index (χ2n) is 8.57. The van der Waals surface area contributed by atoms with Gasteiger partial charge in [-0.05, 0) is 55.2 Å². The van der Waals surface area contributed by atoms with Crippen LogP contribution in [0.5, 0.6) is 5.75 Å². The molecule has 1 aromatic carbocycles. The predicted molar refractivity (Wildman–Crippen MR) is 105 cm³/mol. The van der Waals surface area contributed by atoms with Crippen LogP contribution >= 0.6 is 0 Å². The summed E-state index contributed by atoms with van der Waals surface area (Å²) in [7, 11) is -3.45. The Hall–Kier alpha value is -1.18. The molecule has 2 rings (SSSR count). The molecule has 1 atom stereocenters. The molecular weight excluding hydrogens is 369 g/mol. The van der Waals surface area contributed by atoms with Crippen molar-refractivity contribution in [3.63, 3.8) is 0 Å². The zero-order valence-electron chi connectivity index (χ0n) is 16.8. The summed E-state index contributed by atoms with van der Waals surface area (Å²) in [4.78, 5) is 0. The van der Waals surface area contributed by atoms with Crippen molar-refractivity contribution in [3.05, 3.63) is 29.6 Å². The molecule has 1 fully saturated rings. The molecule has 0 saturated heterocycles. The molecule has 1 saturated carbocycles. The summed E-state index contributed by atoms with van der Waals surface area (Å²) in [6, 6.07) is 4.02. The normalized spacial score (nSPS) is 16.3. The van der Waals surface area contributed by atoms with E-state index in [1.165, 1.54) is 6.07 Å². The summed E-state index contributed by atoms with van der Waals surface area (Å²) < 4.78 is 52.1. The molecule has 1 aliphatic carbocycles. The summed E-state index contributed by atoms with van der Waals surface area (Å²) in [5.41, 5.74) is 0.739. The van der Waals surface area contributed by atoms with Gasteiger partial charge in [-0.1, -0.05) is 26.8 Å².